The second-order valence-corrected chi connectivity index (χ2v) is 27.2. The number of thiophene rings is 2. The molecule has 0 atom stereocenters. The van der Waals surface area contributed by atoms with Crippen molar-refractivity contribution in [1.29, 1.82) is 0 Å². The third kappa shape index (κ3) is 6.70. The molecule has 0 amide bonds. The number of nitrogens with one attached hydrogen (secondary N) is 1. The molecule has 3 aliphatic rings. The molecule has 0 saturated carbocycles. The normalized spacial score (nSPS) is 15.8. The van der Waals surface area contributed by atoms with E-state index in [2.05, 4.69) is 249 Å². The second kappa shape index (κ2) is 15.9. The summed E-state index contributed by atoms with van der Waals surface area (Å²) in [5, 5.41) is 10.6. The van der Waals surface area contributed by atoms with Crippen LogP contribution in [0.1, 0.15) is 103 Å². The summed E-state index contributed by atoms with van der Waals surface area (Å²) in [6.45, 7) is 21.5. The van der Waals surface area contributed by atoms with Gasteiger partial charge in [-0.15, -0.1) is 22.7 Å². The van der Waals surface area contributed by atoms with Crippen molar-refractivity contribution in [2.24, 2.45) is 0 Å². The van der Waals surface area contributed by atoms with Gasteiger partial charge in [0.05, 0.1) is 5.52 Å². The molecule has 0 bridgehead atoms. The number of fused-ring (bicyclic) bond motifs is 13. The Morgan fingerprint density at radius 2 is 1.14 bits per heavy atom. The molecule has 0 saturated heterocycles. The van der Waals surface area contributed by atoms with E-state index >= 15 is 0 Å². The predicted molar refractivity (Wildman–Crippen MR) is 332 cm³/mol. The van der Waals surface area contributed by atoms with Crippen LogP contribution in [0.15, 0.2) is 170 Å². The summed E-state index contributed by atoms with van der Waals surface area (Å²) in [4.78, 5) is 1.30. The van der Waals surface area contributed by atoms with Crippen LogP contribution < -0.4 is 16.2 Å². The Hall–Kier alpha value is -7.18. The molecule has 9 aromatic carbocycles. The van der Waals surface area contributed by atoms with Gasteiger partial charge < -0.3 is 9.88 Å². The summed E-state index contributed by atoms with van der Waals surface area (Å²) in [6.07, 6.45) is 2.39. The van der Waals surface area contributed by atoms with E-state index in [0.717, 1.165) is 11.4 Å². The van der Waals surface area contributed by atoms with Gasteiger partial charge >= 0.3 is 0 Å². The van der Waals surface area contributed by atoms with Gasteiger partial charge in [-0.05, 0) is 151 Å². The van der Waals surface area contributed by atoms with Gasteiger partial charge in [0.15, 0.2) is 7.28 Å². The molecule has 76 heavy (non-hydrogen) atoms. The molecule has 2 nitrogen and oxygen atoms in total. The lowest BCUT2D eigenvalue weighted by atomic mass is 9.59. The smallest absolute Gasteiger partial charge is 0.197 e. The fraction of sp³-hybridized carbons (Fsp3) is 0.211. The largest absolute Gasteiger partial charge is 0.355 e. The first-order valence-corrected chi connectivity index (χ1v) is 28.9. The fourth-order valence-electron chi connectivity index (χ4n) is 13.7. The van der Waals surface area contributed by atoms with E-state index in [4.69, 9.17) is 0 Å². The molecule has 1 aliphatic heterocycles. The van der Waals surface area contributed by atoms with Crippen LogP contribution in [-0.2, 0) is 21.7 Å². The van der Waals surface area contributed by atoms with Crippen molar-refractivity contribution in [2.75, 3.05) is 5.32 Å². The maximum absolute atomic E-state index is 4.05. The van der Waals surface area contributed by atoms with Gasteiger partial charge in [0, 0.05) is 85.0 Å². The van der Waals surface area contributed by atoms with E-state index in [-0.39, 0.29) is 21.7 Å². The number of aromatic nitrogens is 1. The third-order valence-corrected chi connectivity index (χ3v) is 20.4. The molecule has 5 heteroatoms. The Balaban J connectivity index is 1.03. The minimum atomic E-state index is -0.128. The second-order valence-electron chi connectivity index (χ2n) is 25.0. The summed E-state index contributed by atoms with van der Waals surface area (Å²) in [5.41, 5.74) is 24.7. The lowest BCUT2D eigenvalue weighted by Gasteiger charge is -2.41. The van der Waals surface area contributed by atoms with Gasteiger partial charge in [0.2, 0.25) is 0 Å². The van der Waals surface area contributed by atoms with Gasteiger partial charge in [0.1, 0.15) is 0 Å². The van der Waals surface area contributed by atoms with Crippen LogP contribution in [0.5, 0.6) is 0 Å². The molecule has 1 radical (unpaired) electrons. The molecule has 4 heterocycles. The number of anilines is 2. The van der Waals surface area contributed by atoms with Crippen LogP contribution in [0.4, 0.5) is 11.4 Å². The van der Waals surface area contributed by atoms with Crippen LogP contribution in [0.2, 0.25) is 0 Å². The molecule has 12 aromatic rings. The van der Waals surface area contributed by atoms with Crippen LogP contribution in [0, 0.1) is 0 Å². The molecule has 0 spiro atoms. The predicted octanol–water partition coefficient (Wildman–Crippen LogP) is 19.0. The van der Waals surface area contributed by atoms with E-state index in [1.165, 1.54) is 153 Å². The highest BCUT2D eigenvalue weighted by Crippen LogP contribution is 2.54. The van der Waals surface area contributed by atoms with Crippen LogP contribution in [0.3, 0.4) is 0 Å². The highest BCUT2D eigenvalue weighted by molar-refractivity contribution is 7.26. The maximum Gasteiger partial charge on any atom is 0.197 e. The van der Waals surface area contributed by atoms with E-state index in [1.54, 1.807) is 0 Å². The van der Waals surface area contributed by atoms with Gasteiger partial charge in [-0.2, -0.15) is 0 Å². The van der Waals surface area contributed by atoms with Crippen molar-refractivity contribution >= 4 is 104 Å². The monoisotopic (exact) mass is 1020 g/mol. The number of hydrogen-bond acceptors (Lipinski definition) is 3. The fourth-order valence-corrected chi connectivity index (χ4v) is 16.1. The summed E-state index contributed by atoms with van der Waals surface area (Å²) >= 11 is 3.86. The highest BCUT2D eigenvalue weighted by atomic mass is 32.1. The average Bonchev–Trinajstić information content (AvgIpc) is 4.30. The Bertz CT molecular complexity index is 4440. The number of nitrogens with zero attached hydrogens (tertiary/aromatic N) is 1. The Kier molecular flexibility index (Phi) is 9.68. The standard InChI is InChI=1S/C71H60BN2S2/c1-68(2,3)42-24-26-43(27-25-42)73-58-39-63-50(51-34-55-56(37-61(51)75-63)70(6,7)31-30-69(55,4)5)32-48(58)45-28-29-46-49-33-54-47(44-22-16-17-23-53(44)71(54,8)9)35-59(49)74-60-36-52-62(38-57(60)72-65(45)66(46)74)76-67(41-20-14-11-15-21-41)64(52)40-18-12-10-13-19-40/h10-29,32-39,73H,30-31H2,1-9H3. The number of rotatable bonds is 5. The van der Waals surface area contributed by atoms with E-state index in [9.17, 15) is 0 Å². The first-order valence-electron chi connectivity index (χ1n) is 27.3. The van der Waals surface area contributed by atoms with Gasteiger partial charge in [-0.1, -0.05) is 177 Å². The number of benzene rings is 9. The zero-order valence-corrected chi connectivity index (χ0v) is 46.6. The summed E-state index contributed by atoms with van der Waals surface area (Å²) in [6, 6.07) is 65.3. The minimum Gasteiger partial charge on any atom is -0.355 e. The lowest BCUT2D eigenvalue weighted by Crippen LogP contribution is -2.37. The first-order chi connectivity index (χ1) is 36.5. The van der Waals surface area contributed by atoms with Gasteiger partial charge in [-0.25, -0.2) is 0 Å². The molecule has 0 unspecified atom stereocenters. The molecule has 369 valence electrons. The quantitative estimate of drug-likeness (QED) is 0.170. The molecule has 2 aliphatic carbocycles. The van der Waals surface area contributed by atoms with Crippen molar-refractivity contribution < 1.29 is 0 Å². The van der Waals surface area contributed by atoms with Gasteiger partial charge in [-0.3, -0.25) is 0 Å². The summed E-state index contributed by atoms with van der Waals surface area (Å²) < 4.78 is 6.62. The van der Waals surface area contributed by atoms with Crippen molar-refractivity contribution in [3.8, 4) is 49.5 Å². The maximum atomic E-state index is 4.05. The molecule has 3 aromatic heterocycles. The molecular formula is C71H60BN2S2. The van der Waals surface area contributed by atoms with Gasteiger partial charge in [0.25, 0.3) is 0 Å². The van der Waals surface area contributed by atoms with Crippen LogP contribution >= 0.6 is 22.7 Å². The molecule has 1 N–H and O–H groups in total. The first kappa shape index (κ1) is 46.2. The van der Waals surface area contributed by atoms with Crippen molar-refractivity contribution in [2.45, 2.75) is 96.8 Å². The van der Waals surface area contributed by atoms with Crippen molar-refractivity contribution in [3.05, 3.63) is 198 Å². The number of hydrogen-bond donors (Lipinski definition) is 1. The molecular weight excluding hydrogens is 956 g/mol. The van der Waals surface area contributed by atoms with Crippen molar-refractivity contribution in [3.63, 3.8) is 0 Å². The Labute approximate surface area is 455 Å². The Morgan fingerprint density at radius 3 is 1.88 bits per heavy atom. The minimum absolute atomic E-state index is 0.0603. The SMILES string of the molecule is CC(C)(C)c1ccc(Nc2cc3sc4cc5c(cc4c3cc2-c2ccc3c4cc6c(cc4n4c3c2[B]c2cc3sc(-c7ccccc7)c(-c7ccccc7)c3cc2-4)-c2ccccc2C6(C)C)C(C)(C)CCC5(C)C)cc1. The van der Waals surface area contributed by atoms with E-state index in [1.807, 2.05) is 22.7 Å². The van der Waals surface area contributed by atoms with Crippen LogP contribution in [-0.4, -0.2) is 11.8 Å². The highest BCUT2D eigenvalue weighted by Gasteiger charge is 2.39. The summed E-state index contributed by atoms with van der Waals surface area (Å²) in [7, 11) is 2.53. The Morgan fingerprint density at radius 1 is 0.500 bits per heavy atom. The molecule has 0 fully saturated rings. The topological polar surface area (TPSA) is 17.0 Å². The zero-order chi connectivity index (χ0) is 51.8. The van der Waals surface area contributed by atoms with E-state index < -0.39 is 0 Å². The third-order valence-electron chi connectivity index (χ3n) is 18.1. The van der Waals surface area contributed by atoms with Crippen molar-refractivity contribution in [1.82, 2.24) is 4.57 Å². The van der Waals surface area contributed by atoms with Crippen LogP contribution in [0.25, 0.3) is 102 Å². The van der Waals surface area contributed by atoms with E-state index in [0.29, 0.717) is 0 Å². The molecule has 15 rings (SSSR count). The zero-order valence-electron chi connectivity index (χ0n) is 44.9. The lowest BCUT2D eigenvalue weighted by molar-refractivity contribution is 0.332. The summed E-state index contributed by atoms with van der Waals surface area (Å²) in [5.74, 6) is 0. The average molecular weight is 1020 g/mol.